The van der Waals surface area contributed by atoms with Gasteiger partial charge in [-0.25, -0.2) is 9.59 Å². The molecule has 8 nitrogen and oxygen atoms in total. The van der Waals surface area contributed by atoms with Crippen molar-refractivity contribution in [3.63, 3.8) is 0 Å². The van der Waals surface area contributed by atoms with Gasteiger partial charge in [0.1, 0.15) is 5.75 Å². The van der Waals surface area contributed by atoms with Gasteiger partial charge in [0.2, 0.25) is 0 Å². The first kappa shape index (κ1) is 37.0. The molecule has 0 amide bonds. The normalized spacial score (nSPS) is 14.8. The molecule has 0 radical (unpaired) electrons. The van der Waals surface area contributed by atoms with Gasteiger partial charge in [0.05, 0.1) is 28.9 Å². The first-order valence-electron chi connectivity index (χ1n) is 17.1. The number of anilines is 2. The Balaban J connectivity index is 2.41. The molecule has 1 aliphatic heterocycles. The number of nitrogens with zero attached hydrogens (tertiary/aromatic N) is 1. The molecule has 1 heterocycles. The molecular formula is C36H59N3O5. The fraction of sp³-hybridized carbons (Fsp3) is 0.667. The minimum Gasteiger partial charge on any atom is -0.491 e. The number of carbonyl (C=O) groups is 2. The fourth-order valence-corrected chi connectivity index (χ4v) is 7.28. The third-order valence-electron chi connectivity index (χ3n) is 9.36. The molecular weight excluding hydrogens is 554 g/mol. The fourth-order valence-electron chi connectivity index (χ4n) is 7.28. The Morgan fingerprint density at radius 3 is 1.59 bits per heavy atom. The molecule has 2 rings (SSSR count). The molecule has 0 saturated heterocycles. The van der Waals surface area contributed by atoms with Crippen molar-refractivity contribution in [3.05, 3.63) is 39.7 Å². The van der Waals surface area contributed by atoms with Crippen molar-refractivity contribution < 1.29 is 24.5 Å². The topological polar surface area (TPSA) is 139 Å². The summed E-state index contributed by atoms with van der Waals surface area (Å²) in [5.74, 6) is -2.00. The van der Waals surface area contributed by atoms with Crippen LogP contribution in [0.25, 0.3) is 0 Å². The molecule has 1 aromatic rings. The second kappa shape index (κ2) is 18.0. The van der Waals surface area contributed by atoms with Gasteiger partial charge < -0.3 is 31.3 Å². The van der Waals surface area contributed by atoms with Crippen molar-refractivity contribution in [1.82, 2.24) is 4.90 Å². The number of allylic oxidation sites excluding steroid dienone is 2. The minimum absolute atomic E-state index is 0.0300. The molecule has 0 unspecified atom stereocenters. The average molecular weight is 614 g/mol. The second-order valence-corrected chi connectivity index (χ2v) is 12.2. The van der Waals surface area contributed by atoms with Crippen LogP contribution in [0.5, 0.6) is 5.75 Å². The van der Waals surface area contributed by atoms with Gasteiger partial charge in [0.15, 0.2) is 0 Å². The van der Waals surface area contributed by atoms with E-state index in [0.717, 1.165) is 24.8 Å². The number of ether oxygens (including phenoxy) is 1. The highest BCUT2D eigenvalue weighted by Gasteiger charge is 2.53. The van der Waals surface area contributed by atoms with Crippen LogP contribution in [0.4, 0.5) is 11.4 Å². The molecule has 1 aromatic carbocycles. The summed E-state index contributed by atoms with van der Waals surface area (Å²) >= 11 is 0. The van der Waals surface area contributed by atoms with Crippen LogP contribution in [-0.2, 0) is 21.4 Å². The summed E-state index contributed by atoms with van der Waals surface area (Å²) in [6, 6.07) is 1.67. The number of nitrogen functional groups attached to an aromatic ring is 2. The Bertz CT molecular complexity index is 1150. The monoisotopic (exact) mass is 613 g/mol. The number of benzene rings is 1. The predicted molar refractivity (Wildman–Crippen MR) is 181 cm³/mol. The molecule has 6 N–H and O–H groups in total. The standard InChI is InChI=1S/C36H59N3O5/c1-7-11-12-13-14-15-16-17-18-19-20-21-22-23-27-28(37)24-29(38)33(44-10-4)32(27)36(8-2)30(34(40)41)25(5)39(9-3)26(6)31(36)35(42)43/h24H,7-23,37-38H2,1-6H3,(H,40,41)(H,42,43). The van der Waals surface area contributed by atoms with E-state index in [-0.39, 0.29) is 29.9 Å². The quantitative estimate of drug-likeness (QED) is 0.0798. The molecule has 0 atom stereocenters. The SMILES string of the molecule is CCCCCCCCCCCCCCCc1c(N)cc(N)c(OCC)c1C1(CC)C(C(=O)O)=C(C)N(CC)C(C)=C1C(=O)O. The van der Waals surface area contributed by atoms with Gasteiger partial charge in [0, 0.05) is 29.2 Å². The van der Waals surface area contributed by atoms with E-state index in [1.54, 1.807) is 24.8 Å². The molecule has 8 heteroatoms. The molecule has 0 fully saturated rings. The lowest BCUT2D eigenvalue weighted by atomic mass is 9.62. The van der Waals surface area contributed by atoms with E-state index in [9.17, 15) is 19.8 Å². The lowest BCUT2D eigenvalue weighted by molar-refractivity contribution is -0.134. The van der Waals surface area contributed by atoms with E-state index in [1.807, 2.05) is 20.8 Å². The number of hydrogen-bond donors (Lipinski definition) is 4. The van der Waals surface area contributed by atoms with Gasteiger partial charge in [-0.2, -0.15) is 0 Å². The Morgan fingerprint density at radius 2 is 1.20 bits per heavy atom. The highest BCUT2D eigenvalue weighted by Crippen LogP contribution is 2.55. The van der Waals surface area contributed by atoms with Gasteiger partial charge in [-0.05, 0) is 58.6 Å². The van der Waals surface area contributed by atoms with Crippen LogP contribution in [0.2, 0.25) is 0 Å². The van der Waals surface area contributed by atoms with E-state index in [1.165, 1.54) is 64.2 Å². The summed E-state index contributed by atoms with van der Waals surface area (Å²) < 4.78 is 6.12. The van der Waals surface area contributed by atoms with E-state index in [2.05, 4.69) is 6.92 Å². The van der Waals surface area contributed by atoms with Crippen molar-refractivity contribution >= 4 is 23.3 Å². The maximum Gasteiger partial charge on any atom is 0.334 e. The summed E-state index contributed by atoms with van der Waals surface area (Å²) in [6.07, 6.45) is 16.8. The zero-order valence-corrected chi connectivity index (χ0v) is 28.3. The largest absolute Gasteiger partial charge is 0.491 e. The number of carboxylic acid groups (broad SMARTS) is 2. The van der Waals surface area contributed by atoms with E-state index < -0.39 is 17.4 Å². The molecule has 0 saturated carbocycles. The number of hydrogen-bond acceptors (Lipinski definition) is 6. The molecule has 248 valence electrons. The number of rotatable bonds is 21. The van der Waals surface area contributed by atoms with Crippen molar-refractivity contribution in [3.8, 4) is 5.75 Å². The molecule has 0 aliphatic carbocycles. The third-order valence-corrected chi connectivity index (χ3v) is 9.36. The number of aliphatic carboxylic acids is 2. The summed E-state index contributed by atoms with van der Waals surface area (Å²) in [6.45, 7) is 12.0. The highest BCUT2D eigenvalue weighted by atomic mass is 16.5. The van der Waals surface area contributed by atoms with E-state index in [0.29, 0.717) is 41.4 Å². The highest BCUT2D eigenvalue weighted by molar-refractivity contribution is 6.01. The van der Waals surface area contributed by atoms with E-state index in [4.69, 9.17) is 16.2 Å². The number of carboxylic acids is 2. The third kappa shape index (κ3) is 8.30. The van der Waals surface area contributed by atoms with Gasteiger partial charge in [-0.1, -0.05) is 90.9 Å². The van der Waals surface area contributed by atoms with Gasteiger partial charge in [-0.3, -0.25) is 0 Å². The summed E-state index contributed by atoms with van der Waals surface area (Å²) in [5.41, 5.74) is 14.7. The minimum atomic E-state index is -1.50. The maximum absolute atomic E-state index is 13.1. The first-order chi connectivity index (χ1) is 21.0. The Morgan fingerprint density at radius 1 is 0.750 bits per heavy atom. The Hall–Kier alpha value is -3.16. The van der Waals surface area contributed by atoms with Crippen LogP contribution in [0, 0.1) is 0 Å². The summed E-state index contributed by atoms with van der Waals surface area (Å²) in [5, 5.41) is 21.4. The molecule has 1 aliphatic rings. The lowest BCUT2D eigenvalue weighted by Crippen LogP contribution is -2.46. The summed E-state index contributed by atoms with van der Waals surface area (Å²) in [7, 11) is 0. The lowest BCUT2D eigenvalue weighted by Gasteiger charge is -2.45. The van der Waals surface area contributed by atoms with Crippen LogP contribution in [0.1, 0.15) is 143 Å². The maximum atomic E-state index is 13.1. The van der Waals surface area contributed by atoms with Crippen LogP contribution >= 0.6 is 0 Å². The van der Waals surface area contributed by atoms with E-state index >= 15 is 0 Å². The Kier molecular flexibility index (Phi) is 15.1. The molecule has 0 spiro atoms. The Labute approximate surface area is 265 Å². The zero-order chi connectivity index (χ0) is 32.9. The van der Waals surface area contributed by atoms with Crippen molar-refractivity contribution in [2.75, 3.05) is 24.6 Å². The van der Waals surface area contributed by atoms with Crippen molar-refractivity contribution in [2.24, 2.45) is 0 Å². The zero-order valence-electron chi connectivity index (χ0n) is 28.3. The van der Waals surface area contributed by atoms with Crippen LogP contribution in [0.3, 0.4) is 0 Å². The van der Waals surface area contributed by atoms with Crippen molar-refractivity contribution in [2.45, 2.75) is 143 Å². The number of nitrogens with two attached hydrogens (primary N) is 2. The smallest absolute Gasteiger partial charge is 0.334 e. The number of unbranched alkanes of at least 4 members (excludes halogenated alkanes) is 12. The van der Waals surface area contributed by atoms with Gasteiger partial charge >= 0.3 is 11.9 Å². The van der Waals surface area contributed by atoms with Gasteiger partial charge in [0.25, 0.3) is 0 Å². The van der Waals surface area contributed by atoms with Crippen LogP contribution in [-0.4, -0.2) is 40.2 Å². The van der Waals surface area contributed by atoms with Gasteiger partial charge in [-0.15, -0.1) is 0 Å². The first-order valence-corrected chi connectivity index (χ1v) is 17.1. The summed E-state index contributed by atoms with van der Waals surface area (Å²) in [4.78, 5) is 27.9. The molecule has 44 heavy (non-hydrogen) atoms. The molecule has 0 aromatic heterocycles. The molecule has 0 bridgehead atoms. The van der Waals surface area contributed by atoms with Crippen molar-refractivity contribution in [1.29, 1.82) is 0 Å². The second-order valence-electron chi connectivity index (χ2n) is 12.2. The predicted octanol–water partition coefficient (Wildman–Crippen LogP) is 8.58. The van der Waals surface area contributed by atoms with Crippen LogP contribution < -0.4 is 16.2 Å². The van der Waals surface area contributed by atoms with Crippen LogP contribution in [0.15, 0.2) is 28.6 Å². The average Bonchev–Trinajstić information content (AvgIpc) is 2.96.